The molecule has 0 atom stereocenters. The molecule has 1 aliphatic rings. The third-order valence-electron chi connectivity index (χ3n) is 5.81. The number of nitrogens with one attached hydrogen (secondary N) is 1. The lowest BCUT2D eigenvalue weighted by molar-refractivity contribution is -0.116. The summed E-state index contributed by atoms with van der Waals surface area (Å²) in [4.78, 5) is 30.2. The smallest absolute Gasteiger partial charge is 0.258 e. The van der Waals surface area contributed by atoms with Crippen molar-refractivity contribution in [2.45, 2.75) is 39.2 Å². The minimum Gasteiger partial charge on any atom is -0.334 e. The fourth-order valence-corrected chi connectivity index (χ4v) is 3.75. The number of aromatic nitrogens is 3. The first-order valence-corrected chi connectivity index (χ1v) is 10.3. The van der Waals surface area contributed by atoms with E-state index in [9.17, 15) is 9.59 Å². The van der Waals surface area contributed by atoms with Gasteiger partial charge in [0.25, 0.3) is 11.4 Å². The van der Waals surface area contributed by atoms with E-state index in [4.69, 9.17) is 4.52 Å². The van der Waals surface area contributed by atoms with Crippen molar-refractivity contribution in [3.8, 4) is 11.5 Å². The van der Waals surface area contributed by atoms with Crippen LogP contribution in [0.5, 0.6) is 0 Å². The van der Waals surface area contributed by atoms with E-state index in [2.05, 4.69) is 15.5 Å². The summed E-state index contributed by atoms with van der Waals surface area (Å²) in [5.74, 6) is 1.12. The van der Waals surface area contributed by atoms with Crippen LogP contribution >= 0.6 is 0 Å². The van der Waals surface area contributed by atoms with Gasteiger partial charge in [0.15, 0.2) is 5.82 Å². The Morgan fingerprint density at radius 1 is 1.16 bits per heavy atom. The number of anilines is 1. The molecule has 7 heteroatoms. The lowest BCUT2D eigenvalue weighted by Gasteiger charge is -2.14. The first-order chi connectivity index (χ1) is 15.0. The molecule has 31 heavy (non-hydrogen) atoms. The molecule has 1 amide bonds. The maximum atomic E-state index is 13.0. The number of nitrogens with zero attached hydrogens (tertiary/aromatic N) is 3. The zero-order valence-electron chi connectivity index (χ0n) is 17.4. The lowest BCUT2D eigenvalue weighted by Crippen LogP contribution is -2.28. The van der Waals surface area contributed by atoms with E-state index >= 15 is 0 Å². The van der Waals surface area contributed by atoms with Crippen LogP contribution in [0.25, 0.3) is 22.4 Å². The number of amides is 1. The van der Waals surface area contributed by atoms with Crippen molar-refractivity contribution in [1.82, 2.24) is 14.7 Å². The fraction of sp³-hybridized carbons (Fsp3) is 0.250. The lowest BCUT2D eigenvalue weighted by atomic mass is 10.1. The Morgan fingerprint density at radius 3 is 2.77 bits per heavy atom. The van der Waals surface area contributed by atoms with Crippen LogP contribution in [0.15, 0.2) is 57.8 Å². The van der Waals surface area contributed by atoms with Crippen LogP contribution in [0, 0.1) is 13.8 Å². The zero-order valence-corrected chi connectivity index (χ0v) is 17.4. The highest BCUT2D eigenvalue weighted by molar-refractivity contribution is 5.95. The van der Waals surface area contributed by atoms with Crippen LogP contribution in [0.4, 0.5) is 5.69 Å². The highest BCUT2D eigenvalue weighted by Crippen LogP contribution is 2.39. The van der Waals surface area contributed by atoms with E-state index in [1.165, 1.54) is 10.6 Å². The summed E-state index contributed by atoms with van der Waals surface area (Å²) in [5, 5.41) is 7.77. The number of hydrogen-bond donors (Lipinski definition) is 1. The molecule has 0 radical (unpaired) electrons. The molecule has 2 aromatic heterocycles. The quantitative estimate of drug-likeness (QED) is 0.529. The molecule has 7 nitrogen and oxygen atoms in total. The number of para-hydroxylation sites is 1. The molecule has 0 saturated heterocycles. The van der Waals surface area contributed by atoms with Crippen LogP contribution in [-0.2, 0) is 11.3 Å². The predicted octanol–water partition coefficient (Wildman–Crippen LogP) is 4.18. The largest absolute Gasteiger partial charge is 0.334 e. The van der Waals surface area contributed by atoms with Crippen LogP contribution in [0.2, 0.25) is 0 Å². The number of carbonyl (C=O) groups is 1. The highest BCUT2D eigenvalue weighted by atomic mass is 16.5. The van der Waals surface area contributed by atoms with Crippen molar-refractivity contribution < 1.29 is 9.32 Å². The molecule has 2 aromatic carbocycles. The minimum absolute atomic E-state index is 0.0931. The summed E-state index contributed by atoms with van der Waals surface area (Å²) < 4.78 is 6.92. The van der Waals surface area contributed by atoms with Crippen molar-refractivity contribution in [3.63, 3.8) is 0 Å². The molecule has 0 unspecified atom stereocenters. The maximum Gasteiger partial charge on any atom is 0.258 e. The fourth-order valence-electron chi connectivity index (χ4n) is 3.75. The third kappa shape index (κ3) is 3.63. The standard InChI is InChI=1S/C24H22N4O3/c1-14-6-5-8-19(15(14)2)25-21(29)13-28-20-9-4-3-7-17(20)18(12-22(28)30)24-26-23(27-31-24)16-10-11-16/h3-9,12,16H,10-11,13H2,1-2H3,(H,25,29). The maximum absolute atomic E-state index is 13.0. The Labute approximate surface area is 178 Å². The molecule has 156 valence electrons. The Bertz CT molecular complexity index is 1370. The van der Waals surface area contributed by atoms with Crippen molar-refractivity contribution in [2.75, 3.05) is 5.32 Å². The van der Waals surface area contributed by atoms with Gasteiger partial charge in [-0.05, 0) is 49.9 Å². The first kappa shape index (κ1) is 19.2. The summed E-state index contributed by atoms with van der Waals surface area (Å²) in [5.41, 5.74) is 3.79. The van der Waals surface area contributed by atoms with Crippen LogP contribution in [0.1, 0.15) is 35.7 Å². The molecular weight excluding hydrogens is 392 g/mol. The van der Waals surface area contributed by atoms with Crippen molar-refractivity contribution >= 4 is 22.5 Å². The SMILES string of the molecule is Cc1cccc(NC(=O)Cn2c(=O)cc(-c3nc(C4CC4)no3)c3ccccc32)c1C. The third-order valence-corrected chi connectivity index (χ3v) is 5.81. The van der Waals surface area contributed by atoms with Gasteiger partial charge >= 0.3 is 0 Å². The predicted molar refractivity (Wildman–Crippen MR) is 118 cm³/mol. The summed E-state index contributed by atoms with van der Waals surface area (Å²) in [6.45, 7) is 3.86. The van der Waals surface area contributed by atoms with E-state index in [1.807, 2.05) is 56.3 Å². The van der Waals surface area contributed by atoms with Gasteiger partial charge in [-0.2, -0.15) is 4.98 Å². The molecular formula is C24H22N4O3. The van der Waals surface area contributed by atoms with Gasteiger partial charge in [0, 0.05) is 23.1 Å². The van der Waals surface area contributed by atoms with E-state index in [0.717, 1.165) is 35.0 Å². The number of aryl methyl sites for hydroxylation is 1. The molecule has 5 rings (SSSR count). The Kier molecular flexibility index (Phi) is 4.66. The zero-order chi connectivity index (χ0) is 21.5. The first-order valence-electron chi connectivity index (χ1n) is 10.3. The molecule has 2 heterocycles. The summed E-state index contributed by atoms with van der Waals surface area (Å²) >= 11 is 0. The second kappa shape index (κ2) is 7.50. The molecule has 1 aliphatic carbocycles. The van der Waals surface area contributed by atoms with Crippen molar-refractivity contribution in [2.24, 2.45) is 0 Å². The van der Waals surface area contributed by atoms with Crippen molar-refractivity contribution in [3.05, 3.63) is 75.8 Å². The molecule has 1 saturated carbocycles. The monoisotopic (exact) mass is 414 g/mol. The van der Waals surface area contributed by atoms with Gasteiger partial charge in [-0.15, -0.1) is 0 Å². The van der Waals surface area contributed by atoms with E-state index in [0.29, 0.717) is 28.7 Å². The van der Waals surface area contributed by atoms with Crippen LogP contribution in [-0.4, -0.2) is 20.6 Å². The molecule has 4 aromatic rings. The topological polar surface area (TPSA) is 90.0 Å². The average Bonchev–Trinajstić information content (AvgIpc) is 3.50. The Balaban J connectivity index is 1.51. The summed E-state index contributed by atoms with van der Waals surface area (Å²) in [7, 11) is 0. The molecule has 1 N–H and O–H groups in total. The van der Waals surface area contributed by atoms with Gasteiger partial charge in [-0.1, -0.05) is 35.5 Å². The molecule has 0 spiro atoms. The van der Waals surface area contributed by atoms with Gasteiger partial charge in [0.05, 0.1) is 11.1 Å². The molecule has 0 aliphatic heterocycles. The number of benzene rings is 2. The molecule has 0 bridgehead atoms. The van der Waals surface area contributed by atoms with Gasteiger partial charge in [0.1, 0.15) is 6.54 Å². The van der Waals surface area contributed by atoms with Gasteiger partial charge in [-0.25, -0.2) is 0 Å². The molecule has 1 fully saturated rings. The van der Waals surface area contributed by atoms with E-state index < -0.39 is 0 Å². The highest BCUT2D eigenvalue weighted by Gasteiger charge is 2.29. The van der Waals surface area contributed by atoms with Crippen LogP contribution in [0.3, 0.4) is 0 Å². The van der Waals surface area contributed by atoms with Gasteiger partial charge < -0.3 is 9.84 Å². The summed E-state index contributed by atoms with van der Waals surface area (Å²) in [6, 6.07) is 14.7. The summed E-state index contributed by atoms with van der Waals surface area (Å²) in [6.07, 6.45) is 2.13. The van der Waals surface area contributed by atoms with Crippen LogP contribution < -0.4 is 10.9 Å². The Hall–Kier alpha value is -3.74. The second-order valence-electron chi connectivity index (χ2n) is 8.03. The van der Waals surface area contributed by atoms with E-state index in [-0.39, 0.29) is 18.0 Å². The van der Waals surface area contributed by atoms with Crippen molar-refractivity contribution in [1.29, 1.82) is 0 Å². The normalized spacial score (nSPS) is 13.5. The number of fused-ring (bicyclic) bond motifs is 1. The number of pyridine rings is 1. The van der Waals surface area contributed by atoms with E-state index in [1.54, 1.807) is 0 Å². The minimum atomic E-state index is -0.295. The number of rotatable bonds is 5. The Morgan fingerprint density at radius 2 is 1.97 bits per heavy atom. The average molecular weight is 414 g/mol. The number of carbonyl (C=O) groups excluding carboxylic acids is 1. The number of hydrogen-bond acceptors (Lipinski definition) is 5. The van der Waals surface area contributed by atoms with Gasteiger partial charge in [-0.3, -0.25) is 14.2 Å². The van der Waals surface area contributed by atoms with Gasteiger partial charge in [0.2, 0.25) is 5.91 Å². The second-order valence-corrected chi connectivity index (χ2v) is 8.03.